The standard InChI is InChI=1S/C18H14N4O2S/c1-24-17(23)12-4-2-3-11(7-12)16-21-22-18(25-16)20-15-6-5-13-9-19-10-14(13)8-15/h2-8,10H,9H2,1H3,(H,20,22). The van der Waals surface area contributed by atoms with Crippen LogP contribution >= 0.6 is 11.3 Å². The Kier molecular flexibility index (Phi) is 3.99. The molecular weight excluding hydrogens is 336 g/mol. The average Bonchev–Trinajstić information content (AvgIpc) is 3.30. The Hall–Kier alpha value is -3.06. The molecule has 0 aliphatic carbocycles. The molecule has 6 nitrogen and oxygen atoms in total. The van der Waals surface area contributed by atoms with Crippen molar-refractivity contribution in [1.29, 1.82) is 0 Å². The highest BCUT2D eigenvalue weighted by Gasteiger charge is 2.12. The number of rotatable bonds is 4. The Morgan fingerprint density at radius 3 is 3.00 bits per heavy atom. The summed E-state index contributed by atoms with van der Waals surface area (Å²) in [6, 6.07) is 13.3. The zero-order chi connectivity index (χ0) is 17.2. The van der Waals surface area contributed by atoms with E-state index in [1.54, 1.807) is 18.2 Å². The summed E-state index contributed by atoms with van der Waals surface area (Å²) in [6.07, 6.45) is 1.88. The van der Waals surface area contributed by atoms with Crippen LogP contribution in [0.4, 0.5) is 10.8 Å². The third-order valence-electron chi connectivity index (χ3n) is 3.84. The third kappa shape index (κ3) is 3.14. The molecule has 0 unspecified atom stereocenters. The van der Waals surface area contributed by atoms with Crippen molar-refractivity contribution >= 4 is 34.3 Å². The molecule has 3 aromatic rings. The fourth-order valence-electron chi connectivity index (χ4n) is 2.59. The van der Waals surface area contributed by atoms with Gasteiger partial charge in [0.2, 0.25) is 5.13 Å². The van der Waals surface area contributed by atoms with E-state index in [1.165, 1.54) is 24.0 Å². The summed E-state index contributed by atoms with van der Waals surface area (Å²) in [5.41, 5.74) is 4.61. The van der Waals surface area contributed by atoms with Gasteiger partial charge in [-0.25, -0.2) is 4.79 Å². The molecular formula is C18H14N4O2S. The molecule has 0 saturated heterocycles. The maximum Gasteiger partial charge on any atom is 0.337 e. The number of ether oxygens (including phenoxy) is 1. The second-order valence-corrected chi connectivity index (χ2v) is 6.47. The first-order chi connectivity index (χ1) is 12.2. The molecule has 0 atom stereocenters. The third-order valence-corrected chi connectivity index (χ3v) is 4.73. The second-order valence-electron chi connectivity index (χ2n) is 5.49. The van der Waals surface area contributed by atoms with Crippen LogP contribution in [0.15, 0.2) is 47.5 Å². The lowest BCUT2D eigenvalue weighted by Gasteiger charge is -2.04. The minimum atomic E-state index is -0.371. The zero-order valence-corrected chi connectivity index (χ0v) is 14.2. The molecule has 1 aromatic heterocycles. The van der Waals surface area contributed by atoms with E-state index in [2.05, 4.69) is 26.6 Å². The summed E-state index contributed by atoms with van der Waals surface area (Å²) in [7, 11) is 1.36. The first kappa shape index (κ1) is 15.5. The largest absolute Gasteiger partial charge is 0.465 e. The van der Waals surface area contributed by atoms with Gasteiger partial charge in [0, 0.05) is 17.5 Å². The van der Waals surface area contributed by atoms with Gasteiger partial charge in [0.1, 0.15) is 5.01 Å². The van der Waals surface area contributed by atoms with Gasteiger partial charge in [-0.05, 0) is 35.4 Å². The predicted molar refractivity (Wildman–Crippen MR) is 97.7 cm³/mol. The van der Waals surface area contributed by atoms with Crippen molar-refractivity contribution in [2.45, 2.75) is 6.54 Å². The van der Waals surface area contributed by atoms with Gasteiger partial charge in [0.25, 0.3) is 0 Å². The van der Waals surface area contributed by atoms with E-state index in [1.807, 2.05) is 24.4 Å². The maximum absolute atomic E-state index is 11.7. The van der Waals surface area contributed by atoms with E-state index in [4.69, 9.17) is 4.74 Å². The number of hydrogen-bond donors (Lipinski definition) is 1. The topological polar surface area (TPSA) is 76.5 Å². The number of anilines is 2. The lowest BCUT2D eigenvalue weighted by atomic mass is 10.1. The van der Waals surface area contributed by atoms with Crippen molar-refractivity contribution < 1.29 is 9.53 Å². The van der Waals surface area contributed by atoms with E-state index >= 15 is 0 Å². The first-order valence-electron chi connectivity index (χ1n) is 7.65. The molecule has 0 bridgehead atoms. The van der Waals surface area contributed by atoms with Gasteiger partial charge >= 0.3 is 5.97 Å². The zero-order valence-electron chi connectivity index (χ0n) is 13.4. The lowest BCUT2D eigenvalue weighted by molar-refractivity contribution is 0.0601. The van der Waals surface area contributed by atoms with Crippen LogP contribution in [0.1, 0.15) is 21.5 Å². The van der Waals surface area contributed by atoms with Gasteiger partial charge in [-0.3, -0.25) is 4.99 Å². The molecule has 0 fully saturated rings. The van der Waals surface area contributed by atoms with E-state index in [-0.39, 0.29) is 5.97 Å². The Labute approximate surface area is 148 Å². The molecule has 0 amide bonds. The first-order valence-corrected chi connectivity index (χ1v) is 8.46. The molecule has 0 spiro atoms. The summed E-state index contributed by atoms with van der Waals surface area (Å²) in [5, 5.41) is 13.1. The van der Waals surface area contributed by atoms with Gasteiger partial charge in [-0.15, -0.1) is 10.2 Å². The van der Waals surface area contributed by atoms with Crippen molar-refractivity contribution in [2.24, 2.45) is 4.99 Å². The van der Waals surface area contributed by atoms with Crippen molar-refractivity contribution in [3.63, 3.8) is 0 Å². The van der Waals surface area contributed by atoms with Crippen LogP contribution in [0.25, 0.3) is 10.6 Å². The van der Waals surface area contributed by atoms with Crippen LogP contribution in [-0.4, -0.2) is 29.5 Å². The van der Waals surface area contributed by atoms with Crippen molar-refractivity contribution in [2.75, 3.05) is 12.4 Å². The van der Waals surface area contributed by atoms with Crippen molar-refractivity contribution in [1.82, 2.24) is 10.2 Å². The summed E-state index contributed by atoms with van der Waals surface area (Å²) in [5.74, 6) is -0.371. The molecule has 7 heteroatoms. The van der Waals surface area contributed by atoms with E-state index in [0.29, 0.717) is 10.7 Å². The van der Waals surface area contributed by atoms with E-state index in [9.17, 15) is 4.79 Å². The number of aromatic nitrogens is 2. The number of aliphatic imine (C=N–C) groups is 1. The lowest BCUT2D eigenvalue weighted by Crippen LogP contribution is -2.00. The van der Waals surface area contributed by atoms with Gasteiger partial charge in [0.15, 0.2) is 0 Å². The summed E-state index contributed by atoms with van der Waals surface area (Å²) >= 11 is 1.42. The Balaban J connectivity index is 1.56. The van der Waals surface area contributed by atoms with Gasteiger partial charge in [-0.1, -0.05) is 29.5 Å². The van der Waals surface area contributed by atoms with Gasteiger partial charge < -0.3 is 10.1 Å². The number of esters is 1. The van der Waals surface area contributed by atoms with Gasteiger partial charge in [-0.2, -0.15) is 0 Å². The molecule has 1 aliphatic heterocycles. The average molecular weight is 350 g/mol. The number of methoxy groups -OCH3 is 1. The number of carbonyl (C=O) groups excluding carboxylic acids is 1. The molecule has 2 heterocycles. The summed E-state index contributed by atoms with van der Waals surface area (Å²) in [4.78, 5) is 15.9. The molecule has 124 valence electrons. The van der Waals surface area contributed by atoms with Crippen LogP contribution in [0.3, 0.4) is 0 Å². The van der Waals surface area contributed by atoms with Crippen molar-refractivity contribution in [3.05, 3.63) is 59.2 Å². The molecule has 1 aliphatic rings. The monoisotopic (exact) mass is 350 g/mol. The Bertz CT molecular complexity index is 981. The minimum Gasteiger partial charge on any atom is -0.465 e. The number of benzene rings is 2. The van der Waals surface area contributed by atoms with Crippen LogP contribution in [0.5, 0.6) is 0 Å². The van der Waals surface area contributed by atoms with Gasteiger partial charge in [0.05, 0.1) is 19.2 Å². The highest BCUT2D eigenvalue weighted by atomic mass is 32.1. The van der Waals surface area contributed by atoms with E-state index < -0.39 is 0 Å². The molecule has 4 rings (SSSR count). The second kappa shape index (κ2) is 6.45. The molecule has 1 N–H and O–H groups in total. The van der Waals surface area contributed by atoms with E-state index in [0.717, 1.165) is 28.4 Å². The fourth-order valence-corrected chi connectivity index (χ4v) is 3.35. The number of hydrogen-bond acceptors (Lipinski definition) is 7. The highest BCUT2D eigenvalue weighted by molar-refractivity contribution is 7.18. The van der Waals surface area contributed by atoms with Crippen molar-refractivity contribution in [3.8, 4) is 10.6 Å². The summed E-state index contributed by atoms with van der Waals surface area (Å²) < 4.78 is 4.75. The minimum absolute atomic E-state index is 0.371. The predicted octanol–water partition coefficient (Wildman–Crippen LogP) is 3.67. The quantitative estimate of drug-likeness (QED) is 0.727. The van der Waals surface area contributed by atoms with Crippen LogP contribution in [0.2, 0.25) is 0 Å². The summed E-state index contributed by atoms with van der Waals surface area (Å²) in [6.45, 7) is 0.745. The Morgan fingerprint density at radius 2 is 2.12 bits per heavy atom. The van der Waals surface area contributed by atoms with Crippen LogP contribution in [-0.2, 0) is 11.3 Å². The van der Waals surface area contributed by atoms with Crippen LogP contribution in [0, 0.1) is 0 Å². The smallest absolute Gasteiger partial charge is 0.337 e. The number of nitrogens with one attached hydrogen (secondary N) is 1. The van der Waals surface area contributed by atoms with Crippen LogP contribution < -0.4 is 5.32 Å². The molecule has 0 radical (unpaired) electrons. The Morgan fingerprint density at radius 1 is 1.20 bits per heavy atom. The number of fused-ring (bicyclic) bond motifs is 1. The maximum atomic E-state index is 11.7. The fraction of sp³-hybridized carbons (Fsp3) is 0.111. The number of nitrogens with zero attached hydrogens (tertiary/aromatic N) is 3. The normalized spacial score (nSPS) is 12.0. The SMILES string of the molecule is COC(=O)c1cccc(-c2nnc(Nc3ccc4c(c3)C=NC4)s2)c1. The molecule has 2 aromatic carbocycles. The number of carbonyl (C=O) groups is 1. The molecule has 0 saturated carbocycles. The highest BCUT2D eigenvalue weighted by Crippen LogP contribution is 2.29. The molecule has 25 heavy (non-hydrogen) atoms.